The summed E-state index contributed by atoms with van der Waals surface area (Å²) in [5, 5.41) is 0. The van der Waals surface area contributed by atoms with Crippen LogP contribution in [0.3, 0.4) is 0 Å². The normalized spacial score (nSPS) is 10.9. The van der Waals surface area contributed by atoms with Gasteiger partial charge in [-0.05, 0) is 31.0 Å². The van der Waals surface area contributed by atoms with Crippen LogP contribution < -0.4 is 5.73 Å². The maximum Gasteiger partial charge on any atom is 0.266 e. The van der Waals surface area contributed by atoms with E-state index in [1.165, 1.54) is 6.07 Å². The van der Waals surface area contributed by atoms with Crippen LogP contribution in [0.5, 0.6) is 0 Å². The first-order valence-electron chi connectivity index (χ1n) is 4.41. The molecule has 0 aliphatic carbocycles. The zero-order chi connectivity index (χ0) is 10.6. The summed E-state index contributed by atoms with van der Waals surface area (Å²) >= 11 is 0. The smallest absolute Gasteiger partial charge is 0.266 e. The van der Waals surface area contributed by atoms with Gasteiger partial charge in [0.1, 0.15) is 5.82 Å². The van der Waals surface area contributed by atoms with Crippen LogP contribution in [0.15, 0.2) is 18.2 Å². The van der Waals surface area contributed by atoms with E-state index in [1.54, 1.807) is 0 Å². The molecular weight excluding hydrogens is 191 g/mol. The van der Waals surface area contributed by atoms with E-state index in [0.717, 1.165) is 18.6 Å². The second kappa shape index (κ2) is 5.00. The van der Waals surface area contributed by atoms with Crippen molar-refractivity contribution in [2.24, 2.45) is 5.73 Å². The highest BCUT2D eigenvalue weighted by Gasteiger charge is 2.12. The fourth-order valence-corrected chi connectivity index (χ4v) is 1.21. The Hall–Kier alpha value is -1.03. The number of aryl methyl sites for hydroxylation is 1. The molecule has 0 aliphatic heterocycles. The highest BCUT2D eigenvalue weighted by molar-refractivity contribution is 5.25. The minimum Gasteiger partial charge on any atom is -0.330 e. The molecule has 0 heterocycles. The Balaban J connectivity index is 2.78. The number of halogens is 3. The topological polar surface area (TPSA) is 26.0 Å². The van der Waals surface area contributed by atoms with Gasteiger partial charge in [0.2, 0.25) is 0 Å². The first-order valence-corrected chi connectivity index (χ1v) is 4.41. The minimum absolute atomic E-state index is 0.512. The van der Waals surface area contributed by atoms with E-state index < -0.39 is 17.8 Å². The average Bonchev–Trinajstić information content (AvgIpc) is 2.14. The highest BCUT2D eigenvalue weighted by Crippen LogP contribution is 2.22. The van der Waals surface area contributed by atoms with Crippen LogP contribution in [0.4, 0.5) is 13.2 Å². The number of hydrogen-bond donors (Lipinski definition) is 1. The van der Waals surface area contributed by atoms with Crippen LogP contribution in [-0.2, 0) is 6.42 Å². The SMILES string of the molecule is NCCCc1ccc(C(F)F)c(F)c1. The van der Waals surface area contributed by atoms with E-state index >= 15 is 0 Å². The number of rotatable bonds is 4. The molecule has 78 valence electrons. The lowest BCUT2D eigenvalue weighted by atomic mass is 10.1. The third-order valence-corrected chi connectivity index (χ3v) is 1.97. The fourth-order valence-electron chi connectivity index (χ4n) is 1.21. The first-order chi connectivity index (χ1) is 6.65. The summed E-state index contributed by atoms with van der Waals surface area (Å²) in [6.07, 6.45) is -1.40. The van der Waals surface area contributed by atoms with Crippen molar-refractivity contribution in [3.05, 3.63) is 35.1 Å². The Labute approximate surface area is 80.7 Å². The number of alkyl halides is 2. The summed E-state index contributed by atoms with van der Waals surface area (Å²) in [6.45, 7) is 0.512. The largest absolute Gasteiger partial charge is 0.330 e. The second-order valence-corrected chi connectivity index (χ2v) is 3.05. The average molecular weight is 203 g/mol. The van der Waals surface area contributed by atoms with Crippen LogP contribution in [0.25, 0.3) is 0 Å². The van der Waals surface area contributed by atoms with E-state index in [1.807, 2.05) is 0 Å². The zero-order valence-corrected chi connectivity index (χ0v) is 7.64. The molecular formula is C10H12F3N. The first kappa shape index (κ1) is 11.0. The lowest BCUT2D eigenvalue weighted by Gasteiger charge is -2.04. The minimum atomic E-state index is -2.75. The Morgan fingerprint density at radius 3 is 2.50 bits per heavy atom. The molecule has 0 amide bonds. The van der Waals surface area contributed by atoms with E-state index in [9.17, 15) is 13.2 Å². The molecule has 1 rings (SSSR count). The van der Waals surface area contributed by atoms with Gasteiger partial charge in [-0.25, -0.2) is 13.2 Å². The molecule has 0 bridgehead atoms. The van der Waals surface area contributed by atoms with Gasteiger partial charge in [0.15, 0.2) is 0 Å². The maximum atomic E-state index is 13.0. The molecule has 0 saturated heterocycles. The molecule has 0 unspecified atom stereocenters. The van der Waals surface area contributed by atoms with Crippen LogP contribution in [0.1, 0.15) is 24.0 Å². The van der Waals surface area contributed by atoms with E-state index in [2.05, 4.69) is 0 Å². The van der Waals surface area contributed by atoms with Crippen molar-refractivity contribution in [3.8, 4) is 0 Å². The Morgan fingerprint density at radius 1 is 1.29 bits per heavy atom. The van der Waals surface area contributed by atoms with Gasteiger partial charge in [0.05, 0.1) is 5.56 Å². The highest BCUT2D eigenvalue weighted by atomic mass is 19.3. The van der Waals surface area contributed by atoms with Crippen molar-refractivity contribution >= 4 is 0 Å². The van der Waals surface area contributed by atoms with Crippen molar-refractivity contribution in [2.75, 3.05) is 6.54 Å². The van der Waals surface area contributed by atoms with Crippen molar-refractivity contribution in [1.82, 2.24) is 0 Å². The Kier molecular flexibility index (Phi) is 3.95. The molecule has 2 N–H and O–H groups in total. The van der Waals surface area contributed by atoms with Crippen molar-refractivity contribution in [2.45, 2.75) is 19.3 Å². The van der Waals surface area contributed by atoms with E-state index in [0.29, 0.717) is 18.5 Å². The van der Waals surface area contributed by atoms with Crippen molar-refractivity contribution in [3.63, 3.8) is 0 Å². The quantitative estimate of drug-likeness (QED) is 0.799. The molecule has 1 nitrogen and oxygen atoms in total. The monoisotopic (exact) mass is 203 g/mol. The van der Waals surface area contributed by atoms with E-state index in [-0.39, 0.29) is 0 Å². The third-order valence-electron chi connectivity index (χ3n) is 1.97. The predicted molar refractivity (Wildman–Crippen MR) is 48.7 cm³/mol. The van der Waals surface area contributed by atoms with Crippen molar-refractivity contribution in [1.29, 1.82) is 0 Å². The number of nitrogens with two attached hydrogens (primary N) is 1. The summed E-state index contributed by atoms with van der Waals surface area (Å²) in [4.78, 5) is 0. The second-order valence-electron chi connectivity index (χ2n) is 3.05. The molecule has 0 radical (unpaired) electrons. The molecule has 0 aromatic heterocycles. The molecule has 0 atom stereocenters. The van der Waals surface area contributed by atoms with Crippen LogP contribution in [0.2, 0.25) is 0 Å². The molecule has 4 heteroatoms. The zero-order valence-electron chi connectivity index (χ0n) is 7.64. The number of hydrogen-bond acceptors (Lipinski definition) is 1. The van der Waals surface area contributed by atoms with Crippen molar-refractivity contribution < 1.29 is 13.2 Å². The maximum absolute atomic E-state index is 13.0. The standard InChI is InChI=1S/C10H12F3N/c11-9-6-7(2-1-5-14)3-4-8(9)10(12)13/h3-4,6,10H,1-2,5,14H2. The molecule has 0 saturated carbocycles. The van der Waals surface area contributed by atoms with Gasteiger partial charge < -0.3 is 5.73 Å². The van der Waals surface area contributed by atoms with Crippen LogP contribution >= 0.6 is 0 Å². The summed E-state index contributed by atoms with van der Waals surface area (Å²) in [5.74, 6) is -0.838. The van der Waals surface area contributed by atoms with Gasteiger partial charge >= 0.3 is 0 Å². The third kappa shape index (κ3) is 2.73. The van der Waals surface area contributed by atoms with Gasteiger partial charge in [-0.15, -0.1) is 0 Å². The molecule has 14 heavy (non-hydrogen) atoms. The molecule has 0 fully saturated rings. The molecule has 0 aliphatic rings. The van der Waals surface area contributed by atoms with Gasteiger partial charge in [-0.1, -0.05) is 12.1 Å². The summed E-state index contributed by atoms with van der Waals surface area (Å²) < 4.78 is 37.3. The van der Waals surface area contributed by atoms with E-state index in [4.69, 9.17) is 5.73 Å². The van der Waals surface area contributed by atoms with Crippen LogP contribution in [-0.4, -0.2) is 6.54 Å². The molecule has 1 aromatic carbocycles. The predicted octanol–water partition coefficient (Wildman–Crippen LogP) is 2.65. The summed E-state index contributed by atoms with van der Waals surface area (Å²) in [6, 6.07) is 3.79. The number of benzene rings is 1. The molecule has 0 spiro atoms. The molecule has 1 aromatic rings. The van der Waals surface area contributed by atoms with Gasteiger partial charge in [0, 0.05) is 0 Å². The Morgan fingerprint density at radius 2 is 2.00 bits per heavy atom. The summed E-state index contributed by atoms with van der Waals surface area (Å²) in [7, 11) is 0. The lowest BCUT2D eigenvalue weighted by Crippen LogP contribution is -2.01. The lowest BCUT2D eigenvalue weighted by molar-refractivity contribution is 0.146. The summed E-state index contributed by atoms with van der Waals surface area (Å²) in [5.41, 5.74) is 5.44. The van der Waals surface area contributed by atoms with Gasteiger partial charge in [-0.3, -0.25) is 0 Å². The van der Waals surface area contributed by atoms with Gasteiger partial charge in [0.25, 0.3) is 6.43 Å². The van der Waals surface area contributed by atoms with Crippen LogP contribution in [0, 0.1) is 5.82 Å². The van der Waals surface area contributed by atoms with Gasteiger partial charge in [-0.2, -0.15) is 0 Å². The fraction of sp³-hybridized carbons (Fsp3) is 0.400. The Bertz CT molecular complexity index is 299.